The quantitative estimate of drug-likeness (QED) is 0.391. The lowest BCUT2D eigenvalue weighted by Crippen LogP contribution is -2.61. The van der Waals surface area contributed by atoms with E-state index in [2.05, 4.69) is 0 Å². The number of barbiturate groups is 1. The molecule has 1 heterocycles. The number of aliphatic hydroxyl groups is 2. The lowest BCUT2D eigenvalue weighted by atomic mass is 9.82. The van der Waals surface area contributed by atoms with Gasteiger partial charge in [0.25, 0.3) is 0 Å². The van der Waals surface area contributed by atoms with Gasteiger partial charge in [-0.2, -0.15) is 0 Å². The van der Waals surface area contributed by atoms with Crippen LogP contribution in [0.3, 0.4) is 0 Å². The maximum Gasteiger partial charge on any atom is 0.328 e. The molecule has 1 aliphatic carbocycles. The highest BCUT2D eigenvalue weighted by Crippen LogP contribution is 2.43. The first-order valence-electron chi connectivity index (χ1n) is 4.95. The molecular weight excluding hydrogens is 216 g/mol. The molecule has 88 valence electrons. The van der Waals surface area contributed by atoms with Crippen LogP contribution in [0.4, 0.5) is 4.79 Å². The number of imide groups is 2. The summed E-state index contributed by atoms with van der Waals surface area (Å²) in [6.07, 6.45) is -0.923. The maximum atomic E-state index is 11.7. The number of hydrogen-bond donors (Lipinski definition) is 4. The summed E-state index contributed by atoms with van der Waals surface area (Å²) in [5.41, 5.74) is -1.42. The van der Waals surface area contributed by atoms with Crippen LogP contribution in [0.25, 0.3) is 0 Å². The summed E-state index contributed by atoms with van der Waals surface area (Å²) in [4.78, 5) is 34.2. The van der Waals surface area contributed by atoms with Gasteiger partial charge >= 0.3 is 6.03 Å². The van der Waals surface area contributed by atoms with Crippen molar-refractivity contribution in [1.82, 2.24) is 10.6 Å². The third-order valence-electron chi connectivity index (χ3n) is 3.27. The lowest BCUT2D eigenvalue weighted by molar-refractivity contribution is -0.144. The number of rotatable bonds is 1. The van der Waals surface area contributed by atoms with Gasteiger partial charge in [0.05, 0.1) is 6.10 Å². The van der Waals surface area contributed by atoms with E-state index in [0.29, 0.717) is 0 Å². The molecule has 1 aliphatic heterocycles. The van der Waals surface area contributed by atoms with E-state index < -0.39 is 35.3 Å². The van der Waals surface area contributed by atoms with E-state index in [1.54, 1.807) is 0 Å². The third-order valence-corrected chi connectivity index (χ3v) is 3.27. The second-order valence-electron chi connectivity index (χ2n) is 4.24. The second-order valence-corrected chi connectivity index (χ2v) is 4.24. The van der Waals surface area contributed by atoms with Crippen molar-refractivity contribution in [2.24, 2.45) is 11.3 Å². The molecule has 2 atom stereocenters. The van der Waals surface area contributed by atoms with E-state index in [9.17, 15) is 19.5 Å². The molecule has 16 heavy (non-hydrogen) atoms. The molecule has 2 rings (SSSR count). The Morgan fingerprint density at radius 3 is 2.19 bits per heavy atom. The summed E-state index contributed by atoms with van der Waals surface area (Å²) < 4.78 is 0. The van der Waals surface area contributed by atoms with E-state index >= 15 is 0 Å². The highest BCUT2D eigenvalue weighted by Gasteiger charge is 2.57. The molecule has 1 saturated carbocycles. The van der Waals surface area contributed by atoms with Gasteiger partial charge in [-0.15, -0.1) is 0 Å². The van der Waals surface area contributed by atoms with Crippen LogP contribution < -0.4 is 10.6 Å². The van der Waals surface area contributed by atoms with Crippen LogP contribution in [0.2, 0.25) is 0 Å². The number of urea groups is 1. The van der Waals surface area contributed by atoms with E-state index in [4.69, 9.17) is 5.11 Å². The normalized spacial score (nSPS) is 32.8. The molecule has 0 aromatic carbocycles. The Morgan fingerprint density at radius 1 is 1.19 bits per heavy atom. The Labute approximate surface area is 90.8 Å². The summed E-state index contributed by atoms with van der Waals surface area (Å²) in [7, 11) is 0. The summed E-state index contributed by atoms with van der Waals surface area (Å²) in [6, 6.07) is -0.845. The van der Waals surface area contributed by atoms with Crippen molar-refractivity contribution in [1.29, 1.82) is 0 Å². The number of hydrogen-bond acceptors (Lipinski definition) is 5. The predicted octanol–water partition coefficient (Wildman–Crippen LogP) is -1.90. The molecule has 4 amide bonds. The predicted molar refractivity (Wildman–Crippen MR) is 49.9 cm³/mol. The van der Waals surface area contributed by atoms with Crippen LogP contribution in [0, 0.1) is 11.3 Å². The largest absolute Gasteiger partial charge is 0.396 e. The first kappa shape index (κ1) is 11.0. The van der Waals surface area contributed by atoms with Crippen molar-refractivity contribution < 1.29 is 24.6 Å². The van der Waals surface area contributed by atoms with Gasteiger partial charge in [-0.25, -0.2) is 4.79 Å². The molecule has 7 heteroatoms. The van der Waals surface area contributed by atoms with Gasteiger partial charge in [0, 0.05) is 12.5 Å². The van der Waals surface area contributed by atoms with Crippen molar-refractivity contribution in [3.63, 3.8) is 0 Å². The molecule has 4 N–H and O–H groups in total. The summed E-state index contributed by atoms with van der Waals surface area (Å²) in [6.45, 7) is -0.294. The van der Waals surface area contributed by atoms with Gasteiger partial charge in [-0.3, -0.25) is 20.2 Å². The van der Waals surface area contributed by atoms with Gasteiger partial charge in [0.2, 0.25) is 11.8 Å². The molecule has 0 radical (unpaired) electrons. The van der Waals surface area contributed by atoms with Crippen molar-refractivity contribution in [3.8, 4) is 0 Å². The molecule has 7 nitrogen and oxygen atoms in total. The number of amides is 4. The molecule has 1 saturated heterocycles. The summed E-state index contributed by atoms with van der Waals surface area (Å²) in [5.74, 6) is -1.91. The molecule has 0 aromatic rings. The monoisotopic (exact) mass is 228 g/mol. The zero-order valence-electron chi connectivity index (χ0n) is 8.40. The van der Waals surface area contributed by atoms with E-state index in [0.717, 1.165) is 0 Å². The molecule has 2 aliphatic rings. The minimum Gasteiger partial charge on any atom is -0.396 e. The number of carbonyl (C=O) groups excluding carboxylic acids is 3. The Hall–Kier alpha value is -1.47. The highest BCUT2D eigenvalue weighted by atomic mass is 16.3. The van der Waals surface area contributed by atoms with Crippen LogP contribution in [-0.4, -0.2) is 40.8 Å². The van der Waals surface area contributed by atoms with Gasteiger partial charge in [0.15, 0.2) is 0 Å². The van der Waals surface area contributed by atoms with Crippen LogP contribution in [0.5, 0.6) is 0 Å². The Kier molecular flexibility index (Phi) is 2.43. The number of nitrogens with one attached hydrogen (secondary N) is 2. The Balaban J connectivity index is 2.28. The zero-order chi connectivity index (χ0) is 11.9. The van der Waals surface area contributed by atoms with E-state index in [1.807, 2.05) is 10.6 Å². The van der Waals surface area contributed by atoms with Crippen molar-refractivity contribution in [3.05, 3.63) is 0 Å². The average molecular weight is 228 g/mol. The molecule has 2 fully saturated rings. The third kappa shape index (κ3) is 1.40. The van der Waals surface area contributed by atoms with Crippen LogP contribution in [-0.2, 0) is 9.59 Å². The molecule has 0 unspecified atom stereocenters. The van der Waals surface area contributed by atoms with Crippen molar-refractivity contribution in [2.75, 3.05) is 6.61 Å². The smallest absolute Gasteiger partial charge is 0.328 e. The second kappa shape index (κ2) is 3.53. The van der Waals surface area contributed by atoms with Gasteiger partial charge in [-0.1, -0.05) is 0 Å². The number of aliphatic hydroxyl groups excluding tert-OH is 2. The van der Waals surface area contributed by atoms with Crippen LogP contribution in [0.15, 0.2) is 0 Å². The van der Waals surface area contributed by atoms with Gasteiger partial charge in [-0.05, 0) is 12.8 Å². The average Bonchev–Trinajstić information content (AvgIpc) is 2.54. The standard InChI is InChI=1S/C9H12N2O5/c12-3-4-1-9(2-5(4)13)6(14)10-8(16)11-7(9)15/h4-5,12-13H,1-3H2,(H2,10,11,14,15,16)/t4-,5+/m1/s1. The molecule has 0 aromatic heterocycles. The SMILES string of the molecule is O=C1NC(=O)C2(C[C@H](CO)[C@@H](O)C2)C(=O)N1. The minimum atomic E-state index is -1.42. The van der Waals surface area contributed by atoms with Crippen LogP contribution in [0.1, 0.15) is 12.8 Å². The van der Waals surface area contributed by atoms with Gasteiger partial charge < -0.3 is 10.2 Å². The van der Waals surface area contributed by atoms with E-state index in [1.165, 1.54) is 0 Å². The fraction of sp³-hybridized carbons (Fsp3) is 0.667. The Morgan fingerprint density at radius 2 is 1.75 bits per heavy atom. The van der Waals surface area contributed by atoms with E-state index in [-0.39, 0.29) is 19.4 Å². The van der Waals surface area contributed by atoms with Gasteiger partial charge in [0.1, 0.15) is 5.41 Å². The summed E-state index contributed by atoms with van der Waals surface area (Å²) >= 11 is 0. The molecular formula is C9H12N2O5. The highest BCUT2D eigenvalue weighted by molar-refractivity contribution is 6.19. The minimum absolute atomic E-state index is 0.0512. The molecule has 0 bridgehead atoms. The fourth-order valence-electron chi connectivity index (χ4n) is 2.33. The Bertz CT molecular complexity index is 347. The number of carbonyl (C=O) groups is 3. The zero-order valence-corrected chi connectivity index (χ0v) is 8.40. The van der Waals surface area contributed by atoms with Crippen molar-refractivity contribution in [2.45, 2.75) is 18.9 Å². The summed E-state index contributed by atoms with van der Waals surface area (Å²) in [5, 5.41) is 22.6. The molecule has 1 spiro atoms. The lowest BCUT2D eigenvalue weighted by Gasteiger charge is -2.29. The first-order chi connectivity index (χ1) is 7.49. The maximum absolute atomic E-state index is 11.7. The fourth-order valence-corrected chi connectivity index (χ4v) is 2.33. The van der Waals surface area contributed by atoms with Crippen molar-refractivity contribution >= 4 is 17.8 Å². The topological polar surface area (TPSA) is 116 Å². The first-order valence-corrected chi connectivity index (χ1v) is 4.95. The van der Waals surface area contributed by atoms with Crippen LogP contribution >= 0.6 is 0 Å².